The van der Waals surface area contributed by atoms with Crippen LogP contribution in [0.4, 0.5) is 0 Å². The van der Waals surface area contributed by atoms with Crippen LogP contribution in [-0.2, 0) is 19.1 Å². The molecular formula is C18H24O4. The largest absolute Gasteiger partial charge is 0.466 e. The molecule has 0 heterocycles. The van der Waals surface area contributed by atoms with Gasteiger partial charge in [0.1, 0.15) is 0 Å². The highest BCUT2D eigenvalue weighted by Gasteiger charge is 2.18. The normalized spacial score (nSPS) is 10.9. The lowest BCUT2D eigenvalue weighted by Gasteiger charge is -2.13. The Morgan fingerprint density at radius 1 is 1.00 bits per heavy atom. The Bertz CT molecular complexity index is 459. The first-order valence-corrected chi connectivity index (χ1v) is 7.68. The van der Waals surface area contributed by atoms with Crippen molar-refractivity contribution in [2.24, 2.45) is 5.92 Å². The summed E-state index contributed by atoms with van der Waals surface area (Å²) >= 11 is 0. The number of esters is 2. The summed E-state index contributed by atoms with van der Waals surface area (Å²) in [5.74, 6) is -0.645. The van der Waals surface area contributed by atoms with Gasteiger partial charge in [-0.1, -0.05) is 42.5 Å². The zero-order valence-electron chi connectivity index (χ0n) is 13.3. The molecule has 0 radical (unpaired) electrons. The van der Waals surface area contributed by atoms with Crippen LogP contribution in [0.25, 0.3) is 6.08 Å². The minimum absolute atomic E-state index is 0.0990. The number of hydrogen-bond acceptors (Lipinski definition) is 4. The molecule has 0 saturated heterocycles. The fraction of sp³-hybridized carbons (Fsp3) is 0.444. The SMILES string of the molecule is CCOC(=O)CC(C/C=C/c1ccccc1)CC(=O)OCC. The van der Waals surface area contributed by atoms with Crippen LogP contribution in [0.15, 0.2) is 36.4 Å². The van der Waals surface area contributed by atoms with Crippen molar-refractivity contribution in [1.29, 1.82) is 0 Å². The van der Waals surface area contributed by atoms with E-state index in [2.05, 4.69) is 0 Å². The third-order valence-corrected chi connectivity index (χ3v) is 3.10. The average Bonchev–Trinajstić information content (AvgIpc) is 2.48. The lowest BCUT2D eigenvalue weighted by molar-refractivity contribution is -0.146. The van der Waals surface area contributed by atoms with Gasteiger partial charge >= 0.3 is 11.9 Å². The average molecular weight is 304 g/mol. The maximum atomic E-state index is 11.6. The monoisotopic (exact) mass is 304 g/mol. The molecule has 0 fully saturated rings. The molecule has 1 aromatic carbocycles. The van der Waals surface area contributed by atoms with Gasteiger partial charge in [0.15, 0.2) is 0 Å². The molecule has 1 rings (SSSR count). The molecule has 0 aliphatic carbocycles. The third-order valence-electron chi connectivity index (χ3n) is 3.10. The van der Waals surface area contributed by atoms with Crippen LogP contribution in [0.1, 0.15) is 38.7 Å². The number of benzene rings is 1. The van der Waals surface area contributed by atoms with Gasteiger partial charge in [0.2, 0.25) is 0 Å². The highest BCUT2D eigenvalue weighted by molar-refractivity contribution is 5.73. The van der Waals surface area contributed by atoms with Gasteiger partial charge in [-0.2, -0.15) is 0 Å². The van der Waals surface area contributed by atoms with Crippen LogP contribution in [0.5, 0.6) is 0 Å². The zero-order valence-corrected chi connectivity index (χ0v) is 13.3. The predicted molar refractivity (Wildman–Crippen MR) is 86.1 cm³/mol. The number of rotatable bonds is 9. The minimum atomic E-state index is -0.273. The molecule has 0 aromatic heterocycles. The maximum Gasteiger partial charge on any atom is 0.306 e. The lowest BCUT2D eigenvalue weighted by Crippen LogP contribution is -2.16. The Morgan fingerprint density at radius 3 is 2.05 bits per heavy atom. The van der Waals surface area contributed by atoms with Crippen LogP contribution in [0.3, 0.4) is 0 Å². The van der Waals surface area contributed by atoms with Crippen LogP contribution < -0.4 is 0 Å². The van der Waals surface area contributed by atoms with E-state index in [1.54, 1.807) is 13.8 Å². The number of allylic oxidation sites excluding steroid dienone is 1. The standard InChI is InChI=1S/C18H24O4/c1-3-21-17(19)13-16(14-18(20)22-4-2)12-8-11-15-9-6-5-7-10-15/h5-11,16H,3-4,12-14H2,1-2H3/b11-8+. The van der Waals surface area contributed by atoms with E-state index in [9.17, 15) is 9.59 Å². The van der Waals surface area contributed by atoms with Crippen LogP contribution >= 0.6 is 0 Å². The van der Waals surface area contributed by atoms with Gasteiger partial charge in [0, 0.05) is 12.8 Å². The molecule has 0 atom stereocenters. The lowest BCUT2D eigenvalue weighted by atomic mass is 9.97. The maximum absolute atomic E-state index is 11.6. The van der Waals surface area contributed by atoms with Crippen LogP contribution in [-0.4, -0.2) is 25.2 Å². The summed E-state index contributed by atoms with van der Waals surface area (Å²) in [7, 11) is 0. The van der Waals surface area contributed by atoms with Crippen molar-refractivity contribution in [3.05, 3.63) is 42.0 Å². The second-order valence-electron chi connectivity index (χ2n) is 4.93. The molecular weight excluding hydrogens is 280 g/mol. The van der Waals surface area contributed by atoms with Gasteiger partial charge in [-0.25, -0.2) is 0 Å². The van der Waals surface area contributed by atoms with E-state index in [-0.39, 0.29) is 30.7 Å². The number of carbonyl (C=O) groups is 2. The minimum Gasteiger partial charge on any atom is -0.466 e. The van der Waals surface area contributed by atoms with Crippen molar-refractivity contribution in [3.8, 4) is 0 Å². The Labute approximate surface area is 132 Å². The molecule has 4 heteroatoms. The van der Waals surface area contributed by atoms with Gasteiger partial charge in [0.05, 0.1) is 13.2 Å². The molecule has 0 aliphatic heterocycles. The van der Waals surface area contributed by atoms with E-state index >= 15 is 0 Å². The highest BCUT2D eigenvalue weighted by Crippen LogP contribution is 2.17. The second kappa shape index (κ2) is 10.6. The number of hydrogen-bond donors (Lipinski definition) is 0. The third kappa shape index (κ3) is 7.62. The molecule has 1 aromatic rings. The summed E-state index contributed by atoms with van der Waals surface area (Å²) in [5, 5.41) is 0. The molecule has 0 amide bonds. The summed E-state index contributed by atoms with van der Waals surface area (Å²) in [6, 6.07) is 9.90. The first-order chi connectivity index (χ1) is 10.7. The quantitative estimate of drug-likeness (QED) is 0.654. The summed E-state index contributed by atoms with van der Waals surface area (Å²) in [4.78, 5) is 23.3. The molecule has 0 unspecified atom stereocenters. The van der Waals surface area contributed by atoms with Gasteiger partial charge in [-0.3, -0.25) is 9.59 Å². The van der Waals surface area contributed by atoms with Crippen molar-refractivity contribution in [2.75, 3.05) is 13.2 Å². The molecule has 4 nitrogen and oxygen atoms in total. The summed E-state index contributed by atoms with van der Waals surface area (Å²) in [5.41, 5.74) is 1.09. The van der Waals surface area contributed by atoms with Crippen molar-refractivity contribution in [3.63, 3.8) is 0 Å². The van der Waals surface area contributed by atoms with Crippen molar-refractivity contribution < 1.29 is 19.1 Å². The number of ether oxygens (including phenoxy) is 2. The van der Waals surface area contributed by atoms with Crippen LogP contribution in [0, 0.1) is 5.92 Å². The van der Waals surface area contributed by atoms with E-state index in [0.29, 0.717) is 19.6 Å². The fourth-order valence-electron chi connectivity index (χ4n) is 2.11. The molecule has 0 bridgehead atoms. The zero-order chi connectivity index (χ0) is 16.2. The van der Waals surface area contributed by atoms with E-state index in [1.165, 1.54) is 0 Å². The molecule has 0 spiro atoms. The number of carbonyl (C=O) groups excluding carboxylic acids is 2. The Morgan fingerprint density at radius 2 is 1.55 bits per heavy atom. The smallest absolute Gasteiger partial charge is 0.306 e. The summed E-state index contributed by atoms with van der Waals surface area (Å²) in [6.07, 6.45) is 5.06. The van der Waals surface area contributed by atoms with Gasteiger partial charge in [-0.15, -0.1) is 0 Å². The Hall–Kier alpha value is -2.10. The van der Waals surface area contributed by atoms with Gasteiger partial charge < -0.3 is 9.47 Å². The fourth-order valence-corrected chi connectivity index (χ4v) is 2.11. The van der Waals surface area contributed by atoms with Crippen molar-refractivity contribution in [2.45, 2.75) is 33.1 Å². The summed E-state index contributed by atoms with van der Waals surface area (Å²) < 4.78 is 9.93. The van der Waals surface area contributed by atoms with Gasteiger partial charge in [0.25, 0.3) is 0 Å². The van der Waals surface area contributed by atoms with Crippen molar-refractivity contribution in [1.82, 2.24) is 0 Å². The Kier molecular flexibility index (Phi) is 8.65. The van der Waals surface area contributed by atoms with Gasteiger partial charge in [-0.05, 0) is 31.7 Å². The molecule has 22 heavy (non-hydrogen) atoms. The molecule has 0 aliphatic rings. The van der Waals surface area contributed by atoms with E-state index in [4.69, 9.17) is 9.47 Å². The molecule has 0 N–H and O–H groups in total. The van der Waals surface area contributed by atoms with E-state index < -0.39 is 0 Å². The molecule has 120 valence electrons. The van der Waals surface area contributed by atoms with Crippen LogP contribution in [0.2, 0.25) is 0 Å². The van der Waals surface area contributed by atoms with E-state index in [0.717, 1.165) is 5.56 Å². The first kappa shape index (κ1) is 18.0. The van der Waals surface area contributed by atoms with Crippen molar-refractivity contribution >= 4 is 18.0 Å². The summed E-state index contributed by atoms with van der Waals surface area (Å²) in [6.45, 7) is 4.25. The predicted octanol–water partition coefficient (Wildman–Crippen LogP) is 3.61. The Balaban J connectivity index is 2.58. The second-order valence-corrected chi connectivity index (χ2v) is 4.93. The first-order valence-electron chi connectivity index (χ1n) is 7.68. The van der Waals surface area contributed by atoms with E-state index in [1.807, 2.05) is 42.5 Å². The highest BCUT2D eigenvalue weighted by atomic mass is 16.5. The molecule has 0 saturated carbocycles. The topological polar surface area (TPSA) is 52.6 Å².